The van der Waals surface area contributed by atoms with Crippen LogP contribution in [0.15, 0.2) is 59.9 Å². The minimum absolute atomic E-state index is 0.0762. The highest BCUT2D eigenvalue weighted by atomic mass is 16.4. The van der Waals surface area contributed by atoms with Crippen LogP contribution in [0.25, 0.3) is 11.1 Å². The normalized spacial score (nSPS) is 31.4. The van der Waals surface area contributed by atoms with Gasteiger partial charge in [-0.3, -0.25) is 9.80 Å². The molecule has 6 aliphatic rings. The Labute approximate surface area is 322 Å². The molecule has 6 heterocycles. The molecule has 2 saturated heterocycles. The molecular formula is C42H42N8O6. The maximum atomic E-state index is 12.8. The summed E-state index contributed by atoms with van der Waals surface area (Å²) in [6, 6.07) is 12.1. The molecule has 2 saturated carbocycles. The number of carbonyl (C=O) groups is 2. The van der Waals surface area contributed by atoms with Crippen molar-refractivity contribution in [1.29, 1.82) is 0 Å². The van der Waals surface area contributed by atoms with E-state index in [-0.39, 0.29) is 24.9 Å². The van der Waals surface area contributed by atoms with E-state index in [9.17, 15) is 29.4 Å². The maximum absolute atomic E-state index is 12.8. The van der Waals surface area contributed by atoms with Crippen LogP contribution in [0.1, 0.15) is 120 Å². The number of H-pyrrole nitrogens is 2. The van der Waals surface area contributed by atoms with Gasteiger partial charge in [-0.1, -0.05) is 36.4 Å². The summed E-state index contributed by atoms with van der Waals surface area (Å²) < 4.78 is 0. The minimum Gasteiger partial charge on any atom is -0.465 e. The Morgan fingerprint density at radius 3 is 1.79 bits per heavy atom. The maximum Gasteiger partial charge on any atom is 0.406 e. The molecule has 4 aromatic rings. The molecule has 8 atom stereocenters. The van der Waals surface area contributed by atoms with Gasteiger partial charge in [-0.05, 0) is 72.9 Å². The Morgan fingerprint density at radius 1 is 0.750 bits per heavy atom. The first-order valence-electron chi connectivity index (χ1n) is 19.4. The summed E-state index contributed by atoms with van der Waals surface area (Å²) in [5.41, 5.74) is 6.38. The van der Waals surface area contributed by atoms with E-state index in [4.69, 9.17) is 4.98 Å². The predicted molar refractivity (Wildman–Crippen MR) is 202 cm³/mol. The monoisotopic (exact) mass is 754 g/mol. The lowest BCUT2D eigenvalue weighted by molar-refractivity contribution is 0.0327. The van der Waals surface area contributed by atoms with Crippen LogP contribution < -0.4 is 10.6 Å². The van der Waals surface area contributed by atoms with Gasteiger partial charge in [-0.2, -0.15) is 0 Å². The quantitative estimate of drug-likeness (QED) is 0.138. The predicted octanol–water partition coefficient (Wildman–Crippen LogP) is 5.70. The summed E-state index contributed by atoms with van der Waals surface area (Å²) in [7, 11) is 0. The molecule has 4 aliphatic heterocycles. The molecule has 56 heavy (non-hydrogen) atoms. The van der Waals surface area contributed by atoms with Gasteiger partial charge >= 0.3 is 12.2 Å². The Balaban J connectivity index is 1.02. The summed E-state index contributed by atoms with van der Waals surface area (Å²) in [5, 5.41) is 26.1. The molecule has 6 N–H and O–H groups in total. The first-order chi connectivity index (χ1) is 27.1. The number of nitrogens with zero attached hydrogens (tertiary/aromatic N) is 4. The van der Waals surface area contributed by atoms with E-state index in [2.05, 4.69) is 66.3 Å². The number of imidazole rings is 2. The van der Waals surface area contributed by atoms with E-state index < -0.39 is 47.2 Å². The smallest absolute Gasteiger partial charge is 0.406 e. The van der Waals surface area contributed by atoms with Gasteiger partial charge in [0.1, 0.15) is 34.9 Å². The van der Waals surface area contributed by atoms with Crippen molar-refractivity contribution in [3.05, 3.63) is 105 Å². The van der Waals surface area contributed by atoms with Gasteiger partial charge in [-0.25, -0.2) is 29.1 Å². The third kappa shape index (κ3) is 4.70. The molecular weight excluding hydrogens is 713 g/mol. The third-order valence-corrected chi connectivity index (χ3v) is 14.1. The van der Waals surface area contributed by atoms with Crippen LogP contribution in [0.4, 0.5) is 9.59 Å². The molecule has 14 heteroatoms. The molecule has 4 bridgehead atoms. The van der Waals surface area contributed by atoms with Crippen molar-refractivity contribution in [1.82, 2.24) is 40.4 Å². The number of fused-ring (bicyclic) bond motifs is 14. The number of aromatic amines is 2. The molecule has 4 fully saturated rings. The molecule has 2 unspecified atom stereocenters. The van der Waals surface area contributed by atoms with Crippen LogP contribution in [0, 0.1) is 13.8 Å². The lowest BCUT2D eigenvalue weighted by Crippen LogP contribution is -2.61. The van der Waals surface area contributed by atoms with E-state index in [1.54, 1.807) is 12.4 Å². The van der Waals surface area contributed by atoms with Crippen molar-refractivity contribution in [3.63, 3.8) is 0 Å². The number of carbonyl (C=O) groups excluding carboxylic acids is 2. The summed E-state index contributed by atoms with van der Waals surface area (Å²) in [4.78, 5) is 71.1. The largest absolute Gasteiger partial charge is 0.465 e. The average molecular weight is 755 g/mol. The Kier molecular flexibility index (Phi) is 7.66. The number of hydrogen-bond donors (Lipinski definition) is 6. The van der Waals surface area contributed by atoms with E-state index in [0.717, 1.165) is 82.1 Å². The molecule has 286 valence electrons. The van der Waals surface area contributed by atoms with Crippen LogP contribution in [0.2, 0.25) is 0 Å². The van der Waals surface area contributed by atoms with Crippen LogP contribution >= 0.6 is 0 Å². The molecule has 2 aromatic carbocycles. The van der Waals surface area contributed by atoms with Gasteiger partial charge in [0.15, 0.2) is 0 Å². The van der Waals surface area contributed by atoms with Crippen molar-refractivity contribution in [2.24, 2.45) is 0 Å². The summed E-state index contributed by atoms with van der Waals surface area (Å²) in [5.74, 6) is 4.40. The second kappa shape index (κ2) is 12.4. The Bertz CT molecular complexity index is 2430. The molecule has 0 radical (unpaired) electrons. The summed E-state index contributed by atoms with van der Waals surface area (Å²) in [6.45, 7) is 5.48. The van der Waals surface area contributed by atoms with Crippen molar-refractivity contribution in [2.45, 2.75) is 99.5 Å². The molecule has 2 amide bonds. The van der Waals surface area contributed by atoms with Crippen molar-refractivity contribution in [3.8, 4) is 11.1 Å². The first kappa shape index (κ1) is 34.7. The lowest BCUT2D eigenvalue weighted by Gasteiger charge is -2.45. The standard InChI is InChI=1S/C42H42N8O6/c1-21-22(2)28(34-26(20-52)16-42(48-40(55)56)36(34)30-18-44-38(46-30)32-6-4-14-50(32)42)12-11-27(21)23-7-9-24(10-8-23)33-25(19-51)15-41(47-39(53)54)35(33)29-17-43-37(45-29)31-5-3-13-49(31)41/h7-12,17-18,31-36,47-48H,3-6,13-16H2,1-2H3,(H,43,45)(H,44,46)(H,53,54)(H,55,56)/t31?,32?,33-,34+,35+,36+,41+,42+/m0/s1. The number of hydrogen-bond acceptors (Lipinski definition) is 8. The van der Waals surface area contributed by atoms with Crippen molar-refractivity contribution in [2.75, 3.05) is 13.1 Å². The van der Waals surface area contributed by atoms with E-state index in [1.165, 1.54) is 0 Å². The van der Waals surface area contributed by atoms with Gasteiger partial charge in [0, 0.05) is 84.5 Å². The van der Waals surface area contributed by atoms with E-state index >= 15 is 0 Å². The van der Waals surface area contributed by atoms with Crippen molar-refractivity contribution >= 4 is 24.1 Å². The molecule has 2 aromatic heterocycles. The fourth-order valence-corrected chi connectivity index (χ4v) is 11.9. The minimum atomic E-state index is -1.14. The average Bonchev–Trinajstić information content (AvgIpc) is 4.02. The lowest BCUT2D eigenvalue weighted by atomic mass is 9.77. The van der Waals surface area contributed by atoms with Gasteiger partial charge in [0.25, 0.3) is 0 Å². The number of aromatic nitrogens is 4. The van der Waals surface area contributed by atoms with Gasteiger partial charge in [0.2, 0.25) is 0 Å². The van der Waals surface area contributed by atoms with Gasteiger partial charge in [-0.15, -0.1) is 0 Å². The van der Waals surface area contributed by atoms with E-state index in [0.29, 0.717) is 24.2 Å². The summed E-state index contributed by atoms with van der Waals surface area (Å²) >= 11 is 0. The molecule has 0 spiro atoms. The van der Waals surface area contributed by atoms with Gasteiger partial charge in [0.05, 0.1) is 12.1 Å². The van der Waals surface area contributed by atoms with Gasteiger partial charge < -0.3 is 30.8 Å². The van der Waals surface area contributed by atoms with Crippen LogP contribution in [-0.2, 0) is 9.59 Å². The third-order valence-electron chi connectivity index (χ3n) is 14.1. The number of nitrogens with one attached hydrogen (secondary N) is 4. The zero-order valence-corrected chi connectivity index (χ0v) is 31.1. The fraction of sp³-hybridized carbons (Fsp3) is 0.429. The zero-order valence-electron chi connectivity index (χ0n) is 31.1. The number of amides is 2. The van der Waals surface area contributed by atoms with Crippen LogP contribution in [-0.4, -0.2) is 88.4 Å². The second-order valence-corrected chi connectivity index (χ2v) is 16.5. The number of rotatable bonds is 5. The first-order valence-corrected chi connectivity index (χ1v) is 19.4. The molecule has 10 rings (SSSR count). The summed E-state index contributed by atoms with van der Waals surface area (Å²) in [6.07, 6.45) is 5.24. The van der Waals surface area contributed by atoms with E-state index in [1.807, 2.05) is 31.2 Å². The highest BCUT2D eigenvalue weighted by Crippen LogP contribution is 2.61. The SMILES string of the molecule is Cc1c(-c2ccc([C@H]3C(=C=O)C[C@]4(NC(=O)O)[C@@H]3c3cnc([nH]3)C3CCCN34)cc2)ccc([C@H]2C(=C=O)C[C@]3(NC(=O)O)[C@@H]2c2cnc([nH]2)C2CCCN23)c1C. The fourth-order valence-electron chi connectivity index (χ4n) is 11.9. The Morgan fingerprint density at radius 2 is 1.27 bits per heavy atom. The number of benzene rings is 2. The number of carboxylic acid groups (broad SMARTS) is 2. The second-order valence-electron chi connectivity index (χ2n) is 16.5. The topological polar surface area (TPSA) is 197 Å². The highest BCUT2D eigenvalue weighted by molar-refractivity contribution is 5.74. The molecule has 14 nitrogen and oxygen atoms in total. The highest BCUT2D eigenvalue weighted by Gasteiger charge is 2.63. The zero-order chi connectivity index (χ0) is 38.7. The molecule has 2 aliphatic carbocycles. The van der Waals surface area contributed by atoms with Crippen molar-refractivity contribution < 1.29 is 29.4 Å². The van der Waals surface area contributed by atoms with Crippen LogP contribution in [0.5, 0.6) is 0 Å². The Hall–Kier alpha value is -5.78. The van der Waals surface area contributed by atoms with Crippen LogP contribution in [0.3, 0.4) is 0 Å².